The maximum Gasteiger partial charge on any atom is 0.223 e. The number of nitrogens with zero attached hydrogens (tertiary/aromatic N) is 2. The molecule has 1 fully saturated rings. The van der Waals surface area contributed by atoms with Crippen molar-refractivity contribution in [2.45, 2.75) is 64.0 Å². The normalized spacial score (nSPS) is 37.6. The maximum absolute atomic E-state index is 11.4. The van der Waals surface area contributed by atoms with E-state index in [0.29, 0.717) is 25.0 Å². The zero-order valence-electron chi connectivity index (χ0n) is 11.2. The second-order valence-corrected chi connectivity index (χ2v) is 5.59. The molecule has 0 aliphatic heterocycles. The molecule has 0 radical (unpaired) electrons. The van der Waals surface area contributed by atoms with Crippen LogP contribution in [0.25, 0.3) is 0 Å². The van der Waals surface area contributed by atoms with Crippen LogP contribution in [0.15, 0.2) is 5.16 Å². The van der Waals surface area contributed by atoms with E-state index >= 15 is 0 Å². The molecule has 0 saturated heterocycles. The molecular formula is C12H22N2O4. The summed E-state index contributed by atoms with van der Waals surface area (Å²) in [7, 11) is 0. The van der Waals surface area contributed by atoms with Crippen LogP contribution in [-0.2, 0) is 0 Å². The number of hydrogen-bond donors (Lipinski definition) is 2. The lowest BCUT2D eigenvalue weighted by molar-refractivity contribution is -0.579. The van der Waals surface area contributed by atoms with Gasteiger partial charge in [-0.3, -0.25) is 10.1 Å². The maximum atomic E-state index is 11.4. The summed E-state index contributed by atoms with van der Waals surface area (Å²) in [6, 6.07) is 0. The average molecular weight is 258 g/mol. The molecular weight excluding hydrogens is 236 g/mol. The third kappa shape index (κ3) is 2.63. The molecule has 6 nitrogen and oxygen atoms in total. The summed E-state index contributed by atoms with van der Waals surface area (Å²) in [5.74, 6) is -0.465. The summed E-state index contributed by atoms with van der Waals surface area (Å²) in [6.45, 7) is 5.17. The van der Waals surface area contributed by atoms with Crippen molar-refractivity contribution in [1.82, 2.24) is 0 Å². The molecule has 1 rings (SSSR count). The van der Waals surface area contributed by atoms with Gasteiger partial charge in [0.2, 0.25) is 5.54 Å². The highest BCUT2D eigenvalue weighted by atomic mass is 16.6. The summed E-state index contributed by atoms with van der Waals surface area (Å²) >= 11 is 0. The molecule has 0 aromatic carbocycles. The fourth-order valence-electron chi connectivity index (χ4n) is 2.98. The highest BCUT2D eigenvalue weighted by Crippen LogP contribution is 2.43. The minimum Gasteiger partial charge on any atom is -0.411 e. The molecule has 3 unspecified atom stereocenters. The molecule has 1 saturated carbocycles. The second-order valence-electron chi connectivity index (χ2n) is 5.59. The highest BCUT2D eigenvalue weighted by Gasteiger charge is 2.53. The van der Waals surface area contributed by atoms with Crippen LogP contribution >= 0.6 is 0 Å². The van der Waals surface area contributed by atoms with Crippen molar-refractivity contribution in [3.8, 4) is 0 Å². The molecule has 0 spiro atoms. The zero-order valence-corrected chi connectivity index (χ0v) is 11.2. The molecule has 6 heteroatoms. The van der Waals surface area contributed by atoms with Crippen molar-refractivity contribution in [3.05, 3.63) is 10.1 Å². The SMILES string of the molecule is CCCC1([N+](=O)[O-])CCC(C)(O)C(/C(C)=N\O)C1. The van der Waals surface area contributed by atoms with E-state index in [0.717, 1.165) is 6.42 Å². The van der Waals surface area contributed by atoms with Crippen molar-refractivity contribution in [1.29, 1.82) is 0 Å². The van der Waals surface area contributed by atoms with Gasteiger partial charge in [0.1, 0.15) is 0 Å². The second kappa shape index (κ2) is 5.22. The van der Waals surface area contributed by atoms with Crippen molar-refractivity contribution in [3.63, 3.8) is 0 Å². The van der Waals surface area contributed by atoms with E-state index in [1.54, 1.807) is 13.8 Å². The van der Waals surface area contributed by atoms with Gasteiger partial charge in [0, 0.05) is 30.1 Å². The number of nitro groups is 1. The van der Waals surface area contributed by atoms with Crippen LogP contribution in [0.4, 0.5) is 0 Å². The smallest absolute Gasteiger partial charge is 0.223 e. The van der Waals surface area contributed by atoms with E-state index in [4.69, 9.17) is 5.21 Å². The molecule has 0 aromatic rings. The Morgan fingerprint density at radius 3 is 2.61 bits per heavy atom. The van der Waals surface area contributed by atoms with Crippen LogP contribution in [-0.4, -0.2) is 32.1 Å². The Bertz CT molecular complexity index is 354. The van der Waals surface area contributed by atoms with Gasteiger partial charge in [0.15, 0.2) is 0 Å². The monoisotopic (exact) mass is 258 g/mol. The van der Waals surface area contributed by atoms with Crippen LogP contribution in [0.2, 0.25) is 0 Å². The average Bonchev–Trinajstić information content (AvgIpc) is 2.30. The molecule has 3 atom stereocenters. The van der Waals surface area contributed by atoms with Gasteiger partial charge < -0.3 is 10.3 Å². The van der Waals surface area contributed by atoms with E-state index in [1.807, 2.05) is 6.92 Å². The highest BCUT2D eigenvalue weighted by molar-refractivity contribution is 5.85. The molecule has 0 bridgehead atoms. The molecule has 0 heterocycles. The van der Waals surface area contributed by atoms with Gasteiger partial charge in [-0.25, -0.2) is 0 Å². The van der Waals surface area contributed by atoms with Gasteiger partial charge in [-0.15, -0.1) is 0 Å². The minimum atomic E-state index is -1.04. The van der Waals surface area contributed by atoms with Gasteiger partial charge >= 0.3 is 0 Å². The van der Waals surface area contributed by atoms with Crippen LogP contribution in [0.3, 0.4) is 0 Å². The van der Waals surface area contributed by atoms with Gasteiger partial charge in [-0.1, -0.05) is 12.1 Å². The Kier molecular flexibility index (Phi) is 4.32. The largest absolute Gasteiger partial charge is 0.411 e. The van der Waals surface area contributed by atoms with Crippen LogP contribution in [0.5, 0.6) is 0 Å². The fourth-order valence-corrected chi connectivity index (χ4v) is 2.98. The third-order valence-electron chi connectivity index (χ3n) is 4.20. The van der Waals surface area contributed by atoms with E-state index in [1.165, 1.54) is 0 Å². The molecule has 0 amide bonds. The lowest BCUT2D eigenvalue weighted by Gasteiger charge is -2.42. The summed E-state index contributed by atoms with van der Waals surface area (Å²) in [4.78, 5) is 11.1. The topological polar surface area (TPSA) is 96.0 Å². The minimum absolute atomic E-state index is 0.219. The van der Waals surface area contributed by atoms with Crippen LogP contribution in [0.1, 0.15) is 52.9 Å². The summed E-state index contributed by atoms with van der Waals surface area (Å²) < 4.78 is 0. The number of rotatable bonds is 4. The van der Waals surface area contributed by atoms with Gasteiger partial charge in [0.25, 0.3) is 0 Å². The van der Waals surface area contributed by atoms with Crippen molar-refractivity contribution in [2.75, 3.05) is 0 Å². The van der Waals surface area contributed by atoms with Crippen LogP contribution in [0, 0.1) is 16.0 Å². The van der Waals surface area contributed by atoms with E-state index in [9.17, 15) is 15.2 Å². The Hall–Kier alpha value is -1.17. The van der Waals surface area contributed by atoms with Gasteiger partial charge in [-0.05, 0) is 26.7 Å². The first kappa shape index (κ1) is 14.9. The summed E-state index contributed by atoms with van der Waals surface area (Å²) in [5.41, 5.74) is -1.67. The summed E-state index contributed by atoms with van der Waals surface area (Å²) in [5, 5.41) is 33.7. The molecule has 18 heavy (non-hydrogen) atoms. The van der Waals surface area contributed by atoms with Crippen molar-refractivity contribution >= 4 is 5.71 Å². The van der Waals surface area contributed by atoms with Crippen molar-refractivity contribution in [2.24, 2.45) is 11.1 Å². The zero-order chi connectivity index (χ0) is 14.0. The molecule has 104 valence electrons. The Balaban J connectivity index is 3.05. The van der Waals surface area contributed by atoms with E-state index in [2.05, 4.69) is 5.16 Å². The molecule has 0 aromatic heterocycles. The van der Waals surface area contributed by atoms with Gasteiger partial charge in [-0.2, -0.15) is 0 Å². The number of oxime groups is 1. The van der Waals surface area contributed by atoms with E-state index < -0.39 is 17.1 Å². The Labute approximate surface area is 107 Å². The fraction of sp³-hybridized carbons (Fsp3) is 0.917. The Morgan fingerprint density at radius 1 is 1.56 bits per heavy atom. The molecule has 2 N–H and O–H groups in total. The first-order chi connectivity index (χ1) is 8.29. The molecule has 1 aliphatic rings. The van der Waals surface area contributed by atoms with Crippen LogP contribution < -0.4 is 0 Å². The Morgan fingerprint density at radius 2 is 2.17 bits per heavy atom. The quantitative estimate of drug-likeness (QED) is 0.349. The lowest BCUT2D eigenvalue weighted by Crippen LogP contribution is -2.53. The predicted octanol–water partition coefficient (Wildman–Crippen LogP) is 2.20. The van der Waals surface area contributed by atoms with Crippen molar-refractivity contribution < 1.29 is 15.2 Å². The van der Waals surface area contributed by atoms with E-state index in [-0.39, 0.29) is 11.3 Å². The first-order valence-electron chi connectivity index (χ1n) is 6.34. The number of aliphatic hydroxyl groups is 1. The third-order valence-corrected chi connectivity index (χ3v) is 4.20. The lowest BCUT2D eigenvalue weighted by atomic mass is 9.65. The first-order valence-corrected chi connectivity index (χ1v) is 6.34. The summed E-state index contributed by atoms with van der Waals surface area (Å²) in [6.07, 6.45) is 2.18. The molecule has 1 aliphatic carbocycles. The number of hydrogen-bond acceptors (Lipinski definition) is 5. The standard InChI is InChI=1S/C12H22N2O4/c1-4-5-12(14(17)18)7-6-11(3,15)10(8-12)9(2)13-16/h10,15-16H,4-8H2,1-3H3/b13-9-. The van der Waals surface area contributed by atoms with Gasteiger partial charge in [0.05, 0.1) is 11.3 Å². The predicted molar refractivity (Wildman–Crippen MR) is 67.5 cm³/mol.